The monoisotopic (exact) mass is 205 g/mol. The van der Waals surface area contributed by atoms with Gasteiger partial charge in [-0.3, -0.25) is 4.79 Å². The van der Waals surface area contributed by atoms with Crippen molar-refractivity contribution in [2.75, 3.05) is 6.61 Å². The molecule has 1 aromatic carbocycles. The van der Waals surface area contributed by atoms with Gasteiger partial charge in [0.05, 0.1) is 19.3 Å². The third-order valence-corrected chi connectivity index (χ3v) is 2.52. The molecule has 1 aromatic rings. The Morgan fingerprint density at radius 1 is 1.33 bits per heavy atom. The van der Waals surface area contributed by atoms with Gasteiger partial charge in [-0.05, 0) is 12.0 Å². The molecule has 1 N–H and O–H groups in total. The zero-order valence-corrected chi connectivity index (χ0v) is 8.61. The SMILES string of the molecule is O=C1CCC(COCc2ccccc2)N1. The minimum Gasteiger partial charge on any atom is -0.375 e. The van der Waals surface area contributed by atoms with E-state index in [0.717, 1.165) is 6.42 Å². The molecule has 0 aliphatic carbocycles. The molecule has 0 radical (unpaired) electrons. The van der Waals surface area contributed by atoms with Gasteiger partial charge < -0.3 is 10.1 Å². The van der Waals surface area contributed by atoms with Gasteiger partial charge in [0, 0.05) is 6.42 Å². The largest absolute Gasteiger partial charge is 0.375 e. The van der Waals surface area contributed by atoms with Crippen molar-refractivity contribution in [3.63, 3.8) is 0 Å². The van der Waals surface area contributed by atoms with Crippen LogP contribution < -0.4 is 5.32 Å². The molecule has 1 aliphatic rings. The van der Waals surface area contributed by atoms with Crippen LogP contribution in [-0.4, -0.2) is 18.6 Å². The molecule has 3 nitrogen and oxygen atoms in total. The van der Waals surface area contributed by atoms with Gasteiger partial charge in [-0.1, -0.05) is 30.3 Å². The van der Waals surface area contributed by atoms with Gasteiger partial charge >= 0.3 is 0 Å². The zero-order valence-electron chi connectivity index (χ0n) is 8.61. The molecule has 0 aromatic heterocycles. The van der Waals surface area contributed by atoms with E-state index in [1.807, 2.05) is 30.3 Å². The number of nitrogens with one attached hydrogen (secondary N) is 1. The lowest BCUT2D eigenvalue weighted by molar-refractivity contribution is -0.119. The van der Waals surface area contributed by atoms with Gasteiger partial charge in [0.1, 0.15) is 0 Å². The first-order valence-electron chi connectivity index (χ1n) is 5.25. The Morgan fingerprint density at radius 3 is 2.80 bits per heavy atom. The van der Waals surface area contributed by atoms with Crippen LogP contribution in [0, 0.1) is 0 Å². The number of benzene rings is 1. The Morgan fingerprint density at radius 2 is 2.13 bits per heavy atom. The summed E-state index contributed by atoms with van der Waals surface area (Å²) in [6.45, 7) is 1.23. The molecule has 15 heavy (non-hydrogen) atoms. The number of hydrogen-bond donors (Lipinski definition) is 1. The first-order valence-corrected chi connectivity index (χ1v) is 5.25. The summed E-state index contributed by atoms with van der Waals surface area (Å²) in [4.78, 5) is 10.9. The second-order valence-electron chi connectivity index (χ2n) is 3.80. The van der Waals surface area contributed by atoms with Crippen molar-refractivity contribution < 1.29 is 9.53 Å². The predicted molar refractivity (Wildman–Crippen MR) is 57.3 cm³/mol. The van der Waals surface area contributed by atoms with Crippen LogP contribution in [0.4, 0.5) is 0 Å². The summed E-state index contributed by atoms with van der Waals surface area (Å²) in [7, 11) is 0. The summed E-state index contributed by atoms with van der Waals surface area (Å²) in [6, 6.07) is 10.3. The van der Waals surface area contributed by atoms with Crippen LogP contribution in [0.1, 0.15) is 18.4 Å². The molecular weight excluding hydrogens is 190 g/mol. The average molecular weight is 205 g/mol. The topological polar surface area (TPSA) is 38.3 Å². The van der Waals surface area contributed by atoms with Crippen LogP contribution in [-0.2, 0) is 16.1 Å². The summed E-state index contributed by atoms with van der Waals surface area (Å²) < 4.78 is 5.54. The molecule has 1 amide bonds. The van der Waals surface area contributed by atoms with Crippen LogP contribution in [0.3, 0.4) is 0 Å². The molecular formula is C12H15NO2. The first-order chi connectivity index (χ1) is 7.34. The fourth-order valence-corrected chi connectivity index (χ4v) is 1.70. The summed E-state index contributed by atoms with van der Waals surface area (Å²) >= 11 is 0. The van der Waals surface area contributed by atoms with E-state index in [-0.39, 0.29) is 11.9 Å². The molecule has 1 heterocycles. The van der Waals surface area contributed by atoms with Crippen molar-refractivity contribution in [2.24, 2.45) is 0 Å². The van der Waals surface area contributed by atoms with Gasteiger partial charge in [-0.25, -0.2) is 0 Å². The fourth-order valence-electron chi connectivity index (χ4n) is 1.70. The Kier molecular flexibility index (Phi) is 3.35. The standard InChI is InChI=1S/C12H15NO2/c14-12-7-6-11(13-12)9-15-8-10-4-2-1-3-5-10/h1-5,11H,6-9H2,(H,13,14). The highest BCUT2D eigenvalue weighted by atomic mass is 16.5. The van der Waals surface area contributed by atoms with Crippen molar-refractivity contribution in [1.82, 2.24) is 5.32 Å². The lowest BCUT2D eigenvalue weighted by Crippen LogP contribution is -2.29. The highest BCUT2D eigenvalue weighted by Gasteiger charge is 2.20. The molecule has 3 heteroatoms. The summed E-state index contributed by atoms with van der Waals surface area (Å²) in [6.07, 6.45) is 1.53. The van der Waals surface area contributed by atoms with E-state index in [1.54, 1.807) is 0 Å². The molecule has 1 fully saturated rings. The highest BCUT2D eigenvalue weighted by Crippen LogP contribution is 2.08. The smallest absolute Gasteiger partial charge is 0.220 e. The number of carbonyl (C=O) groups is 1. The van der Waals surface area contributed by atoms with Gasteiger partial charge in [-0.2, -0.15) is 0 Å². The lowest BCUT2D eigenvalue weighted by atomic mass is 10.2. The Labute approximate surface area is 89.4 Å². The summed E-state index contributed by atoms with van der Waals surface area (Å²) in [5.74, 6) is 0.142. The Hall–Kier alpha value is -1.35. The maximum absolute atomic E-state index is 10.9. The maximum atomic E-state index is 10.9. The molecule has 0 saturated carbocycles. The fraction of sp³-hybridized carbons (Fsp3) is 0.417. The number of ether oxygens (including phenoxy) is 1. The van der Waals surface area contributed by atoms with Crippen molar-refractivity contribution in [3.05, 3.63) is 35.9 Å². The van der Waals surface area contributed by atoms with Gasteiger partial charge in [0.2, 0.25) is 5.91 Å². The average Bonchev–Trinajstić information content (AvgIpc) is 2.66. The van der Waals surface area contributed by atoms with E-state index in [9.17, 15) is 4.79 Å². The molecule has 1 atom stereocenters. The highest BCUT2D eigenvalue weighted by molar-refractivity contribution is 5.78. The molecule has 0 spiro atoms. The van der Waals surface area contributed by atoms with E-state index >= 15 is 0 Å². The van der Waals surface area contributed by atoms with Crippen molar-refractivity contribution >= 4 is 5.91 Å². The van der Waals surface area contributed by atoms with Crippen molar-refractivity contribution in [1.29, 1.82) is 0 Å². The Balaban J connectivity index is 1.69. The third-order valence-electron chi connectivity index (χ3n) is 2.52. The second kappa shape index (κ2) is 4.94. The zero-order chi connectivity index (χ0) is 10.5. The van der Waals surface area contributed by atoms with Gasteiger partial charge in [-0.15, -0.1) is 0 Å². The molecule has 0 bridgehead atoms. The number of rotatable bonds is 4. The quantitative estimate of drug-likeness (QED) is 0.808. The molecule has 2 rings (SSSR count). The summed E-state index contributed by atoms with van der Waals surface area (Å²) in [5.41, 5.74) is 1.17. The number of carbonyl (C=O) groups excluding carboxylic acids is 1. The van der Waals surface area contributed by atoms with Crippen molar-refractivity contribution in [2.45, 2.75) is 25.5 Å². The van der Waals surface area contributed by atoms with Crippen LogP contribution in [0.2, 0.25) is 0 Å². The van der Waals surface area contributed by atoms with Crippen molar-refractivity contribution in [3.8, 4) is 0 Å². The minimum atomic E-state index is 0.142. The van der Waals surface area contributed by atoms with Gasteiger partial charge in [0.15, 0.2) is 0 Å². The second-order valence-corrected chi connectivity index (χ2v) is 3.80. The maximum Gasteiger partial charge on any atom is 0.220 e. The normalized spacial score (nSPS) is 20.3. The van der Waals surface area contributed by atoms with E-state index in [2.05, 4.69) is 5.32 Å². The van der Waals surface area contributed by atoms with Crippen LogP contribution in [0.5, 0.6) is 0 Å². The van der Waals surface area contributed by atoms with E-state index < -0.39 is 0 Å². The van der Waals surface area contributed by atoms with Crippen LogP contribution in [0.25, 0.3) is 0 Å². The lowest BCUT2D eigenvalue weighted by Gasteiger charge is -2.10. The number of amides is 1. The van der Waals surface area contributed by atoms with Crippen LogP contribution >= 0.6 is 0 Å². The molecule has 80 valence electrons. The Bertz CT molecular complexity index is 324. The molecule has 1 unspecified atom stereocenters. The molecule has 1 aliphatic heterocycles. The van der Waals surface area contributed by atoms with E-state index in [1.165, 1.54) is 5.56 Å². The first kappa shape index (κ1) is 10.2. The molecule has 1 saturated heterocycles. The summed E-state index contributed by atoms with van der Waals surface area (Å²) in [5, 5.41) is 2.88. The van der Waals surface area contributed by atoms with E-state index in [0.29, 0.717) is 19.6 Å². The van der Waals surface area contributed by atoms with Crippen LogP contribution in [0.15, 0.2) is 30.3 Å². The predicted octanol–water partition coefficient (Wildman–Crippen LogP) is 1.48. The third kappa shape index (κ3) is 3.06. The number of hydrogen-bond acceptors (Lipinski definition) is 2. The van der Waals surface area contributed by atoms with E-state index in [4.69, 9.17) is 4.74 Å². The minimum absolute atomic E-state index is 0.142. The van der Waals surface area contributed by atoms with Gasteiger partial charge in [0.25, 0.3) is 0 Å².